The lowest BCUT2D eigenvalue weighted by molar-refractivity contribution is 0.627. The van der Waals surface area contributed by atoms with Crippen LogP contribution in [-0.4, -0.2) is 13.7 Å². The Morgan fingerprint density at radius 1 is 0.950 bits per heavy atom. The van der Waals surface area contributed by atoms with Gasteiger partial charge < -0.3 is 4.57 Å². The first-order valence-corrected chi connectivity index (χ1v) is 6.02. The molecule has 0 saturated heterocycles. The maximum atomic E-state index is 12.9. The fraction of sp³-hybridized carbons (Fsp3) is 0.143. The van der Waals surface area contributed by atoms with E-state index >= 15 is 0 Å². The lowest BCUT2D eigenvalue weighted by Crippen LogP contribution is -2.36. The molecule has 0 atom stereocenters. The van der Waals surface area contributed by atoms with Crippen molar-refractivity contribution in [3.05, 3.63) is 63.3 Å². The van der Waals surface area contributed by atoms with Gasteiger partial charge >= 0.3 is 5.69 Å². The van der Waals surface area contributed by atoms with Crippen molar-refractivity contribution in [2.75, 3.05) is 0 Å². The van der Waals surface area contributed by atoms with Crippen LogP contribution in [0.4, 0.5) is 4.39 Å². The van der Waals surface area contributed by atoms with E-state index in [4.69, 9.17) is 0 Å². The summed E-state index contributed by atoms with van der Waals surface area (Å²) in [6, 6.07) is 5.90. The van der Waals surface area contributed by atoms with Crippen molar-refractivity contribution in [2.24, 2.45) is 14.1 Å². The SMILES string of the molecule is Cn1c(=O)c2cn(-c3ccc(F)cc3)cc2n(C)c1=O. The molecule has 0 radical (unpaired) electrons. The predicted octanol–water partition coefficient (Wildman–Crippen LogP) is 1.17. The standard InChI is InChI=1S/C14H12FN3O2/c1-16-12-8-18(10-5-3-9(15)4-6-10)7-11(12)13(19)17(2)14(16)20/h3-8H,1-2H3. The monoisotopic (exact) mass is 273 g/mol. The highest BCUT2D eigenvalue weighted by atomic mass is 19.1. The molecule has 0 amide bonds. The smallest absolute Gasteiger partial charge is 0.321 e. The molecule has 0 aliphatic rings. The number of rotatable bonds is 1. The van der Waals surface area contributed by atoms with Crippen LogP contribution in [-0.2, 0) is 14.1 Å². The number of aromatic nitrogens is 3. The lowest BCUT2D eigenvalue weighted by Gasteiger charge is -2.02. The van der Waals surface area contributed by atoms with Crippen LogP contribution in [0.3, 0.4) is 0 Å². The van der Waals surface area contributed by atoms with Crippen LogP contribution in [0.25, 0.3) is 16.6 Å². The van der Waals surface area contributed by atoms with Crippen molar-refractivity contribution in [2.45, 2.75) is 0 Å². The van der Waals surface area contributed by atoms with Crippen LogP contribution in [0.15, 0.2) is 46.2 Å². The van der Waals surface area contributed by atoms with Gasteiger partial charge in [-0.05, 0) is 24.3 Å². The van der Waals surface area contributed by atoms with Gasteiger partial charge in [0, 0.05) is 32.2 Å². The van der Waals surface area contributed by atoms with Crippen molar-refractivity contribution >= 4 is 10.9 Å². The van der Waals surface area contributed by atoms with E-state index in [9.17, 15) is 14.0 Å². The van der Waals surface area contributed by atoms with Gasteiger partial charge in [-0.15, -0.1) is 0 Å². The molecule has 102 valence electrons. The third-order valence-corrected chi connectivity index (χ3v) is 3.40. The van der Waals surface area contributed by atoms with E-state index in [1.807, 2.05) is 0 Å². The summed E-state index contributed by atoms with van der Waals surface area (Å²) in [6.07, 6.45) is 3.33. The van der Waals surface area contributed by atoms with Gasteiger partial charge in [0.05, 0.1) is 10.9 Å². The quantitative estimate of drug-likeness (QED) is 0.668. The van der Waals surface area contributed by atoms with Crippen molar-refractivity contribution in [1.82, 2.24) is 13.7 Å². The van der Waals surface area contributed by atoms with E-state index < -0.39 is 0 Å². The molecule has 3 rings (SSSR count). The molecular weight excluding hydrogens is 261 g/mol. The Bertz CT molecular complexity index is 916. The summed E-state index contributed by atoms with van der Waals surface area (Å²) < 4.78 is 17.1. The molecule has 2 heterocycles. The number of aryl methyl sites for hydroxylation is 1. The second-order valence-corrected chi connectivity index (χ2v) is 4.65. The molecule has 3 aromatic rings. The van der Waals surface area contributed by atoms with E-state index in [2.05, 4.69) is 0 Å². The van der Waals surface area contributed by atoms with Gasteiger partial charge in [0.1, 0.15) is 5.82 Å². The first-order valence-electron chi connectivity index (χ1n) is 6.02. The first-order chi connectivity index (χ1) is 9.49. The maximum absolute atomic E-state index is 12.9. The zero-order chi connectivity index (χ0) is 14.4. The van der Waals surface area contributed by atoms with Gasteiger partial charge in [-0.3, -0.25) is 13.9 Å². The minimum Gasteiger partial charge on any atom is -0.321 e. The summed E-state index contributed by atoms with van der Waals surface area (Å²) in [4.78, 5) is 23.9. The van der Waals surface area contributed by atoms with Crippen LogP contribution in [0.5, 0.6) is 0 Å². The molecule has 2 aromatic heterocycles. The lowest BCUT2D eigenvalue weighted by atomic mass is 10.3. The normalized spacial score (nSPS) is 11.2. The van der Waals surface area contributed by atoms with Gasteiger partial charge in [-0.25, -0.2) is 9.18 Å². The Labute approximate surface area is 113 Å². The summed E-state index contributed by atoms with van der Waals surface area (Å²) in [7, 11) is 3.05. The Morgan fingerprint density at radius 3 is 2.25 bits per heavy atom. The Kier molecular flexibility index (Phi) is 2.60. The number of halogens is 1. The van der Waals surface area contributed by atoms with E-state index in [0.717, 1.165) is 10.3 Å². The zero-order valence-corrected chi connectivity index (χ0v) is 11.0. The zero-order valence-electron chi connectivity index (χ0n) is 11.0. The minimum atomic E-state index is -0.376. The second kappa shape index (κ2) is 4.19. The molecule has 0 aliphatic heterocycles. The Balaban J connectivity index is 2.34. The molecule has 0 saturated carbocycles. The van der Waals surface area contributed by atoms with Crippen LogP contribution >= 0.6 is 0 Å². The average Bonchev–Trinajstić information content (AvgIpc) is 2.89. The molecule has 0 unspecified atom stereocenters. The summed E-state index contributed by atoms with van der Waals surface area (Å²) in [5, 5.41) is 0.443. The highest BCUT2D eigenvalue weighted by Crippen LogP contribution is 2.15. The van der Waals surface area contributed by atoms with E-state index in [1.54, 1.807) is 36.1 Å². The van der Waals surface area contributed by atoms with Gasteiger partial charge in [-0.1, -0.05) is 0 Å². The Morgan fingerprint density at radius 2 is 1.60 bits per heavy atom. The minimum absolute atomic E-state index is 0.325. The fourth-order valence-electron chi connectivity index (χ4n) is 2.23. The van der Waals surface area contributed by atoms with Gasteiger partial charge in [-0.2, -0.15) is 0 Å². The molecule has 0 bridgehead atoms. The number of hydrogen-bond donors (Lipinski definition) is 0. The van der Waals surface area contributed by atoms with Gasteiger partial charge in [0.25, 0.3) is 5.56 Å². The number of fused-ring (bicyclic) bond motifs is 1. The van der Waals surface area contributed by atoms with Gasteiger partial charge in [0.15, 0.2) is 0 Å². The molecule has 6 heteroatoms. The highest BCUT2D eigenvalue weighted by molar-refractivity contribution is 5.78. The first kappa shape index (κ1) is 12.4. The van der Waals surface area contributed by atoms with Crippen LogP contribution < -0.4 is 11.2 Å². The summed E-state index contributed by atoms with van der Waals surface area (Å²) in [6.45, 7) is 0. The topological polar surface area (TPSA) is 48.9 Å². The molecule has 0 fully saturated rings. The summed E-state index contributed by atoms with van der Waals surface area (Å²) in [5.74, 6) is -0.325. The molecule has 0 aliphatic carbocycles. The molecule has 5 nitrogen and oxygen atoms in total. The summed E-state index contributed by atoms with van der Waals surface area (Å²) in [5.41, 5.74) is 0.544. The Hall–Kier alpha value is -2.63. The average molecular weight is 273 g/mol. The van der Waals surface area contributed by atoms with E-state index in [-0.39, 0.29) is 17.1 Å². The molecule has 20 heavy (non-hydrogen) atoms. The van der Waals surface area contributed by atoms with Crippen LogP contribution in [0.1, 0.15) is 0 Å². The highest BCUT2D eigenvalue weighted by Gasteiger charge is 2.11. The van der Waals surface area contributed by atoms with Crippen molar-refractivity contribution in [3.8, 4) is 5.69 Å². The van der Waals surface area contributed by atoms with Crippen molar-refractivity contribution in [1.29, 1.82) is 0 Å². The van der Waals surface area contributed by atoms with Crippen LogP contribution in [0, 0.1) is 5.82 Å². The molecular formula is C14H12FN3O2. The third kappa shape index (κ3) is 1.69. The van der Waals surface area contributed by atoms with Crippen molar-refractivity contribution in [3.63, 3.8) is 0 Å². The molecule has 0 N–H and O–H groups in total. The van der Waals surface area contributed by atoms with E-state index in [0.29, 0.717) is 10.9 Å². The van der Waals surface area contributed by atoms with E-state index in [1.165, 1.54) is 23.7 Å². The third-order valence-electron chi connectivity index (χ3n) is 3.40. The predicted molar refractivity (Wildman–Crippen MR) is 73.7 cm³/mol. The van der Waals surface area contributed by atoms with Crippen molar-refractivity contribution < 1.29 is 4.39 Å². The number of hydrogen-bond acceptors (Lipinski definition) is 2. The van der Waals surface area contributed by atoms with Crippen LogP contribution in [0.2, 0.25) is 0 Å². The molecule has 1 aromatic carbocycles. The summed E-state index contributed by atoms with van der Waals surface area (Å²) >= 11 is 0. The number of nitrogens with zero attached hydrogens (tertiary/aromatic N) is 3. The van der Waals surface area contributed by atoms with Gasteiger partial charge in [0.2, 0.25) is 0 Å². The molecule has 0 spiro atoms. The number of benzene rings is 1. The second-order valence-electron chi connectivity index (χ2n) is 4.65. The maximum Gasteiger partial charge on any atom is 0.330 e. The largest absolute Gasteiger partial charge is 0.330 e. The fourth-order valence-corrected chi connectivity index (χ4v) is 2.23.